The Balaban J connectivity index is 0.00000147. The van der Waals surface area contributed by atoms with E-state index in [0.717, 1.165) is 37.5 Å². The number of nitrogens with zero attached hydrogens (tertiary/aromatic N) is 2. The number of nitrogens with one attached hydrogen (secondary N) is 1. The summed E-state index contributed by atoms with van der Waals surface area (Å²) in [4.78, 5) is 4.51. The van der Waals surface area contributed by atoms with Crippen molar-refractivity contribution in [3.8, 4) is 0 Å². The Labute approximate surface area is 125 Å². The maximum atomic E-state index is 5.37. The lowest BCUT2D eigenvalue weighted by Crippen LogP contribution is -2.27. The molecule has 1 atom stereocenters. The summed E-state index contributed by atoms with van der Waals surface area (Å²) in [6.45, 7) is 1.05. The molecule has 0 spiro atoms. The Morgan fingerprint density at radius 2 is 2.00 bits per heavy atom. The van der Waals surface area contributed by atoms with Crippen LogP contribution in [0.4, 0.5) is 0 Å². The quantitative estimate of drug-likeness (QED) is 0.941. The molecule has 1 aliphatic rings. The number of benzene rings is 1. The van der Waals surface area contributed by atoms with Crippen LogP contribution in [0.25, 0.3) is 0 Å². The predicted octanol–water partition coefficient (Wildman–Crippen LogP) is 3.09. The smallest absolute Gasteiger partial charge is 0.243 e. The number of halogens is 1. The lowest BCUT2D eigenvalue weighted by molar-refractivity contribution is 0.296. The van der Waals surface area contributed by atoms with Crippen LogP contribution in [-0.4, -0.2) is 16.7 Å². The topological polar surface area (TPSA) is 51.0 Å². The van der Waals surface area contributed by atoms with Gasteiger partial charge in [0.05, 0.1) is 6.04 Å². The molecule has 20 heavy (non-hydrogen) atoms. The van der Waals surface area contributed by atoms with E-state index in [1.807, 2.05) is 6.07 Å². The molecule has 1 aromatic carbocycles. The lowest BCUT2D eigenvalue weighted by Gasteiger charge is -2.19. The summed E-state index contributed by atoms with van der Waals surface area (Å²) in [6, 6.07) is 10.7. The fourth-order valence-electron chi connectivity index (χ4n) is 2.47. The molecular formula is C15H20ClN3O. The molecule has 1 aromatic heterocycles. The summed E-state index contributed by atoms with van der Waals surface area (Å²) in [7, 11) is 0. The summed E-state index contributed by atoms with van der Waals surface area (Å²) in [5.41, 5.74) is 1.31. The average Bonchev–Trinajstić information content (AvgIpc) is 2.96. The zero-order valence-electron chi connectivity index (χ0n) is 11.4. The minimum absolute atomic E-state index is 0. The molecule has 0 saturated carbocycles. The van der Waals surface area contributed by atoms with Crippen molar-refractivity contribution in [1.82, 2.24) is 15.5 Å². The molecule has 0 bridgehead atoms. The highest BCUT2D eigenvalue weighted by Crippen LogP contribution is 2.21. The first-order valence-corrected chi connectivity index (χ1v) is 7.01. The summed E-state index contributed by atoms with van der Waals surface area (Å²) in [5.74, 6) is 1.56. The van der Waals surface area contributed by atoms with Gasteiger partial charge in [-0.05, 0) is 31.4 Å². The molecule has 0 unspecified atom stereocenters. The number of hydrogen-bond donors (Lipinski definition) is 1. The zero-order chi connectivity index (χ0) is 12.9. The van der Waals surface area contributed by atoms with Crippen molar-refractivity contribution >= 4 is 12.4 Å². The van der Waals surface area contributed by atoms with Crippen LogP contribution in [-0.2, 0) is 12.8 Å². The van der Waals surface area contributed by atoms with E-state index in [2.05, 4.69) is 39.7 Å². The van der Waals surface area contributed by atoms with Crippen LogP contribution >= 0.6 is 12.4 Å². The second-order valence-electron chi connectivity index (χ2n) is 5.04. The third-order valence-electron chi connectivity index (χ3n) is 3.57. The summed E-state index contributed by atoms with van der Waals surface area (Å²) < 4.78 is 5.37. The third-order valence-corrected chi connectivity index (χ3v) is 3.57. The highest BCUT2D eigenvalue weighted by molar-refractivity contribution is 5.85. The van der Waals surface area contributed by atoms with Gasteiger partial charge in [0.25, 0.3) is 0 Å². The monoisotopic (exact) mass is 293 g/mol. The third kappa shape index (κ3) is 3.81. The highest BCUT2D eigenvalue weighted by Gasteiger charge is 2.20. The second-order valence-corrected chi connectivity index (χ2v) is 5.04. The standard InChI is InChI=1S/C15H19N3O.ClH/c1-2-6-12(7-3-1)9-10-14-17-15(19-18-14)13-8-4-5-11-16-13;/h1-3,6-7,13,16H,4-5,8-11H2;1H/t13-;/m1./s1. The van der Waals surface area contributed by atoms with E-state index in [0.29, 0.717) is 0 Å². The fraction of sp³-hybridized carbons (Fsp3) is 0.467. The van der Waals surface area contributed by atoms with Gasteiger partial charge in [-0.3, -0.25) is 0 Å². The Morgan fingerprint density at radius 3 is 2.75 bits per heavy atom. The molecule has 4 nitrogen and oxygen atoms in total. The zero-order valence-corrected chi connectivity index (χ0v) is 12.2. The van der Waals surface area contributed by atoms with E-state index < -0.39 is 0 Å². The molecule has 3 rings (SSSR count). The van der Waals surface area contributed by atoms with Crippen molar-refractivity contribution in [2.24, 2.45) is 0 Å². The molecule has 108 valence electrons. The minimum atomic E-state index is 0. The molecule has 1 aliphatic heterocycles. The number of aromatic nitrogens is 2. The normalized spacial score (nSPS) is 18.5. The average molecular weight is 294 g/mol. The van der Waals surface area contributed by atoms with Crippen LogP contribution in [0.15, 0.2) is 34.9 Å². The van der Waals surface area contributed by atoms with Crippen LogP contribution in [0.1, 0.15) is 42.6 Å². The van der Waals surface area contributed by atoms with E-state index in [1.165, 1.54) is 18.4 Å². The van der Waals surface area contributed by atoms with Gasteiger partial charge in [0.2, 0.25) is 5.89 Å². The molecule has 2 aromatic rings. The van der Waals surface area contributed by atoms with Gasteiger partial charge in [-0.2, -0.15) is 4.98 Å². The van der Waals surface area contributed by atoms with Crippen LogP contribution in [0.3, 0.4) is 0 Å². The van der Waals surface area contributed by atoms with Crippen molar-refractivity contribution in [3.63, 3.8) is 0 Å². The molecule has 0 aliphatic carbocycles. The summed E-state index contributed by atoms with van der Waals surface area (Å²) >= 11 is 0. The summed E-state index contributed by atoms with van der Waals surface area (Å²) in [6.07, 6.45) is 5.36. The van der Waals surface area contributed by atoms with Crippen molar-refractivity contribution in [2.75, 3.05) is 6.54 Å². The minimum Gasteiger partial charge on any atom is -0.338 e. The largest absolute Gasteiger partial charge is 0.338 e. The van der Waals surface area contributed by atoms with Gasteiger partial charge in [-0.15, -0.1) is 12.4 Å². The summed E-state index contributed by atoms with van der Waals surface area (Å²) in [5, 5.41) is 7.51. The lowest BCUT2D eigenvalue weighted by atomic mass is 10.1. The van der Waals surface area contributed by atoms with Crippen molar-refractivity contribution in [1.29, 1.82) is 0 Å². The van der Waals surface area contributed by atoms with E-state index >= 15 is 0 Å². The first-order valence-electron chi connectivity index (χ1n) is 7.01. The maximum absolute atomic E-state index is 5.37. The van der Waals surface area contributed by atoms with Gasteiger partial charge in [0.1, 0.15) is 0 Å². The van der Waals surface area contributed by atoms with Crippen LogP contribution in [0.2, 0.25) is 0 Å². The van der Waals surface area contributed by atoms with E-state index in [1.54, 1.807) is 0 Å². The van der Waals surface area contributed by atoms with Crippen LogP contribution < -0.4 is 5.32 Å². The van der Waals surface area contributed by atoms with Gasteiger partial charge in [0.15, 0.2) is 5.82 Å². The van der Waals surface area contributed by atoms with Crippen LogP contribution in [0.5, 0.6) is 0 Å². The maximum Gasteiger partial charge on any atom is 0.243 e. The van der Waals surface area contributed by atoms with Crippen molar-refractivity contribution in [2.45, 2.75) is 38.1 Å². The Bertz CT molecular complexity index is 509. The molecule has 1 fully saturated rings. The fourth-order valence-corrected chi connectivity index (χ4v) is 2.47. The van der Waals surface area contributed by atoms with Gasteiger partial charge >= 0.3 is 0 Å². The van der Waals surface area contributed by atoms with Crippen LogP contribution in [0, 0.1) is 0 Å². The molecule has 5 heteroatoms. The molecule has 1 N–H and O–H groups in total. The SMILES string of the molecule is Cl.c1ccc(CCc2noc([C@H]3CCCCN3)n2)cc1. The van der Waals surface area contributed by atoms with Gasteiger partial charge in [-0.25, -0.2) is 0 Å². The van der Waals surface area contributed by atoms with Gasteiger partial charge < -0.3 is 9.84 Å². The number of hydrogen-bond acceptors (Lipinski definition) is 4. The van der Waals surface area contributed by atoms with Gasteiger partial charge in [-0.1, -0.05) is 41.9 Å². The predicted molar refractivity (Wildman–Crippen MR) is 80.0 cm³/mol. The molecule has 2 heterocycles. The number of piperidine rings is 1. The van der Waals surface area contributed by atoms with Crippen molar-refractivity contribution in [3.05, 3.63) is 47.6 Å². The first-order chi connectivity index (χ1) is 9.42. The number of rotatable bonds is 4. The molecule has 0 amide bonds. The Hall–Kier alpha value is -1.39. The molecule has 0 radical (unpaired) electrons. The molecular weight excluding hydrogens is 274 g/mol. The second kappa shape index (κ2) is 7.41. The first kappa shape index (κ1) is 15.0. The Morgan fingerprint density at radius 1 is 1.15 bits per heavy atom. The molecule has 1 saturated heterocycles. The van der Waals surface area contributed by atoms with E-state index in [4.69, 9.17) is 4.52 Å². The van der Waals surface area contributed by atoms with E-state index in [-0.39, 0.29) is 18.4 Å². The van der Waals surface area contributed by atoms with E-state index in [9.17, 15) is 0 Å². The Kier molecular flexibility index (Phi) is 5.56. The highest BCUT2D eigenvalue weighted by atomic mass is 35.5. The van der Waals surface area contributed by atoms with Gasteiger partial charge in [0, 0.05) is 6.42 Å². The van der Waals surface area contributed by atoms with Crippen molar-refractivity contribution < 1.29 is 4.52 Å². The number of aryl methyl sites for hydroxylation is 2.